The van der Waals surface area contributed by atoms with Crippen LogP contribution in [-0.4, -0.2) is 49.3 Å². The number of esters is 2. The molecule has 0 aliphatic rings. The highest BCUT2D eigenvalue weighted by Crippen LogP contribution is 2.43. The Morgan fingerprint density at radius 3 is 1.08 bits per heavy atom. The smallest absolute Gasteiger partial charge is 0.462 e. The molecule has 0 rings (SSSR count). The molecule has 0 heterocycles. The second-order valence-corrected chi connectivity index (χ2v) is 18.8. The van der Waals surface area contributed by atoms with Crippen LogP contribution in [0.5, 0.6) is 0 Å². The zero-order chi connectivity index (χ0) is 53.1. The van der Waals surface area contributed by atoms with Crippen molar-refractivity contribution < 1.29 is 37.6 Å². The fourth-order valence-corrected chi connectivity index (χ4v) is 7.36. The lowest BCUT2D eigenvalue weighted by atomic mass is 10.1. The van der Waals surface area contributed by atoms with Crippen LogP contribution in [0.3, 0.4) is 0 Å². The Morgan fingerprint density at radius 1 is 0.411 bits per heavy atom. The van der Waals surface area contributed by atoms with Crippen LogP contribution in [0.4, 0.5) is 0 Å². The van der Waals surface area contributed by atoms with Gasteiger partial charge in [-0.3, -0.25) is 18.6 Å². The van der Waals surface area contributed by atoms with Gasteiger partial charge in [0.2, 0.25) is 0 Å². The maximum absolute atomic E-state index is 12.7. The van der Waals surface area contributed by atoms with E-state index >= 15 is 0 Å². The quantitative estimate of drug-likeness (QED) is 0.0264. The standard InChI is InChI=1S/C63H98NO8P/c1-3-5-7-9-11-13-15-17-19-21-23-25-27-29-30-32-34-36-38-40-42-44-46-48-50-52-54-56-63(66)72-61(60-71-73(67,68)70-58-57-64)59-69-62(65)55-53-51-49-47-45-43-41-39-37-35-33-31-28-26-24-22-20-18-16-14-12-10-8-6-4-2/h5-8,11-14,17-20,23-26,29-31,33-34,36-37,39-40,42,46,48,61H,3-4,9-10,15-16,21-22,27-28,32,35,38,41,43-45,47,49-60,64H2,1-2H3,(H,67,68)/b7-5-,8-6-,13-11-,14-12-,19-17-,20-18-,25-23-,26-24-,30-29-,33-31-,36-34-,39-37-,42-40-,48-46-. The van der Waals surface area contributed by atoms with E-state index in [9.17, 15) is 19.0 Å². The lowest BCUT2D eigenvalue weighted by Gasteiger charge is -2.19. The average Bonchev–Trinajstić information content (AvgIpc) is 3.38. The molecular formula is C63H98NO8P. The van der Waals surface area contributed by atoms with E-state index in [2.05, 4.69) is 184 Å². The van der Waals surface area contributed by atoms with Crippen molar-refractivity contribution in [2.45, 2.75) is 187 Å². The van der Waals surface area contributed by atoms with Crippen LogP contribution in [-0.2, 0) is 32.7 Å². The number of hydrogen-bond donors (Lipinski definition) is 2. The molecule has 0 spiro atoms. The Morgan fingerprint density at radius 2 is 0.712 bits per heavy atom. The first kappa shape index (κ1) is 68.4. The largest absolute Gasteiger partial charge is 0.472 e. The highest BCUT2D eigenvalue weighted by atomic mass is 31.2. The third kappa shape index (κ3) is 56.5. The fourth-order valence-electron chi connectivity index (χ4n) is 6.59. The fraction of sp³-hybridized carbons (Fsp3) is 0.524. The molecule has 73 heavy (non-hydrogen) atoms. The summed E-state index contributed by atoms with van der Waals surface area (Å²) in [6.07, 6.45) is 83.9. The zero-order valence-electron chi connectivity index (χ0n) is 45.3. The second kappa shape index (κ2) is 56.7. The van der Waals surface area contributed by atoms with Crippen molar-refractivity contribution in [3.63, 3.8) is 0 Å². The van der Waals surface area contributed by atoms with Gasteiger partial charge in [-0.15, -0.1) is 0 Å². The Balaban J connectivity index is 4.21. The van der Waals surface area contributed by atoms with Crippen LogP contribution < -0.4 is 5.73 Å². The molecule has 0 aromatic carbocycles. The minimum absolute atomic E-state index is 0.0330. The molecule has 0 aromatic heterocycles. The van der Waals surface area contributed by atoms with E-state index in [1.54, 1.807) is 0 Å². The maximum atomic E-state index is 12.7. The monoisotopic (exact) mass is 1030 g/mol. The van der Waals surface area contributed by atoms with Gasteiger partial charge in [-0.1, -0.05) is 210 Å². The molecule has 0 saturated heterocycles. The van der Waals surface area contributed by atoms with E-state index in [1.165, 1.54) is 0 Å². The first-order valence-corrected chi connectivity index (χ1v) is 29.1. The van der Waals surface area contributed by atoms with E-state index < -0.39 is 32.5 Å². The van der Waals surface area contributed by atoms with Crippen molar-refractivity contribution in [1.29, 1.82) is 0 Å². The highest BCUT2D eigenvalue weighted by molar-refractivity contribution is 7.47. The van der Waals surface area contributed by atoms with Crippen LogP contribution in [0.25, 0.3) is 0 Å². The number of rotatable bonds is 49. The lowest BCUT2D eigenvalue weighted by Crippen LogP contribution is -2.29. The van der Waals surface area contributed by atoms with E-state index in [4.69, 9.17) is 24.3 Å². The van der Waals surface area contributed by atoms with Crippen LogP contribution in [0.1, 0.15) is 181 Å². The number of hydrogen-bond acceptors (Lipinski definition) is 8. The molecule has 2 atom stereocenters. The number of carbonyl (C=O) groups excluding carboxylic acids is 2. The van der Waals surface area contributed by atoms with Crippen LogP contribution in [0, 0.1) is 0 Å². The van der Waals surface area contributed by atoms with E-state index in [1.807, 2.05) is 0 Å². The summed E-state index contributed by atoms with van der Waals surface area (Å²) in [7, 11) is -4.42. The van der Waals surface area contributed by atoms with Gasteiger partial charge < -0.3 is 20.1 Å². The van der Waals surface area contributed by atoms with Crippen molar-refractivity contribution >= 4 is 19.8 Å². The van der Waals surface area contributed by atoms with Gasteiger partial charge in [0, 0.05) is 19.4 Å². The molecule has 0 bridgehead atoms. The van der Waals surface area contributed by atoms with Gasteiger partial charge in [0.1, 0.15) is 6.61 Å². The number of carbonyl (C=O) groups is 2. The molecule has 0 aliphatic carbocycles. The third-order valence-electron chi connectivity index (χ3n) is 10.6. The molecule has 0 saturated carbocycles. The summed E-state index contributed by atoms with van der Waals surface area (Å²) >= 11 is 0. The summed E-state index contributed by atoms with van der Waals surface area (Å²) in [6.45, 7) is 3.41. The van der Waals surface area contributed by atoms with Crippen LogP contribution >= 0.6 is 7.82 Å². The number of nitrogens with two attached hydrogens (primary N) is 1. The minimum atomic E-state index is -4.42. The molecule has 0 amide bonds. The number of ether oxygens (including phenoxy) is 2. The average molecular weight is 1030 g/mol. The molecular weight excluding hydrogens is 930 g/mol. The van der Waals surface area contributed by atoms with E-state index in [0.717, 1.165) is 141 Å². The van der Waals surface area contributed by atoms with Crippen molar-refractivity contribution in [2.24, 2.45) is 5.73 Å². The summed E-state index contributed by atoms with van der Waals surface area (Å²) in [5, 5.41) is 0. The SMILES string of the molecule is CC/C=C\C/C=C\C/C=C\C/C=C\C/C=C\C/C=C\C/C=C\C/C=C\CCCCC(=O)OC(COC(=O)CCCCCCCC/C=C\C/C=C\C/C=C\C/C=C\C/C=C\C/C=C\CC)COP(=O)(O)OCCN. The second-order valence-electron chi connectivity index (χ2n) is 17.3. The number of phosphoric acid groups is 1. The maximum Gasteiger partial charge on any atom is 0.472 e. The Hall–Kier alpha value is -4.63. The summed E-state index contributed by atoms with van der Waals surface area (Å²) in [6, 6.07) is 0. The Bertz CT molecular complexity index is 1790. The van der Waals surface area contributed by atoms with Crippen molar-refractivity contribution in [2.75, 3.05) is 26.4 Å². The van der Waals surface area contributed by atoms with Crippen LogP contribution in [0.15, 0.2) is 170 Å². The van der Waals surface area contributed by atoms with Crippen molar-refractivity contribution in [3.05, 3.63) is 170 Å². The van der Waals surface area contributed by atoms with Gasteiger partial charge in [-0.05, 0) is 128 Å². The third-order valence-corrected chi connectivity index (χ3v) is 11.6. The number of allylic oxidation sites excluding steroid dienone is 28. The molecule has 9 nitrogen and oxygen atoms in total. The van der Waals surface area contributed by atoms with E-state index in [0.29, 0.717) is 12.8 Å². The number of phosphoric ester groups is 1. The molecule has 0 aromatic rings. The van der Waals surface area contributed by atoms with Gasteiger partial charge in [-0.25, -0.2) is 4.57 Å². The lowest BCUT2D eigenvalue weighted by molar-refractivity contribution is -0.161. The van der Waals surface area contributed by atoms with Gasteiger partial charge >= 0.3 is 19.8 Å². The van der Waals surface area contributed by atoms with Gasteiger partial charge in [0.05, 0.1) is 13.2 Å². The summed E-state index contributed by atoms with van der Waals surface area (Å²) < 4.78 is 32.9. The number of unbranched alkanes of at least 4 members (excludes halogenated alkanes) is 8. The molecule has 0 radical (unpaired) electrons. The Kier molecular flexibility index (Phi) is 53.1. The molecule has 10 heteroatoms. The van der Waals surface area contributed by atoms with E-state index in [-0.39, 0.29) is 32.6 Å². The van der Waals surface area contributed by atoms with Crippen molar-refractivity contribution in [1.82, 2.24) is 0 Å². The molecule has 2 unspecified atom stereocenters. The normalized spacial score (nSPS) is 14.4. The molecule has 0 fully saturated rings. The summed E-state index contributed by atoms with van der Waals surface area (Å²) in [5.74, 6) is -0.914. The predicted octanol–water partition coefficient (Wildman–Crippen LogP) is 17.5. The van der Waals surface area contributed by atoms with Gasteiger partial charge in [0.25, 0.3) is 0 Å². The topological polar surface area (TPSA) is 134 Å². The van der Waals surface area contributed by atoms with Crippen LogP contribution in [0.2, 0.25) is 0 Å². The van der Waals surface area contributed by atoms with Crippen molar-refractivity contribution in [3.8, 4) is 0 Å². The van der Waals surface area contributed by atoms with Gasteiger partial charge in [0.15, 0.2) is 6.10 Å². The molecule has 0 aliphatic heterocycles. The zero-order valence-corrected chi connectivity index (χ0v) is 46.2. The first-order valence-electron chi connectivity index (χ1n) is 27.6. The molecule has 3 N–H and O–H groups in total. The summed E-state index contributed by atoms with van der Waals surface area (Å²) in [4.78, 5) is 35.1. The molecule has 408 valence electrons. The first-order chi connectivity index (χ1) is 35.8. The summed E-state index contributed by atoms with van der Waals surface area (Å²) in [5.41, 5.74) is 5.37. The highest BCUT2D eigenvalue weighted by Gasteiger charge is 2.26. The van der Waals surface area contributed by atoms with Gasteiger partial charge in [-0.2, -0.15) is 0 Å². The predicted molar refractivity (Wildman–Crippen MR) is 311 cm³/mol. The Labute approximate surface area is 444 Å². The minimum Gasteiger partial charge on any atom is -0.462 e.